The molecule has 4 rings (SSSR count). The van der Waals surface area contributed by atoms with Gasteiger partial charge in [0.15, 0.2) is 0 Å². The fourth-order valence-corrected chi connectivity index (χ4v) is 4.49. The number of amides is 2. The van der Waals surface area contributed by atoms with Crippen molar-refractivity contribution in [1.29, 1.82) is 0 Å². The molecule has 8 heteroatoms. The third kappa shape index (κ3) is 7.27. The van der Waals surface area contributed by atoms with E-state index in [1.165, 1.54) is 0 Å². The molecule has 1 aliphatic rings. The lowest BCUT2D eigenvalue weighted by molar-refractivity contribution is -0.129. The second-order valence-electron chi connectivity index (χ2n) is 9.48. The number of aromatic nitrogens is 1. The molecular weight excluding hydrogens is 492 g/mol. The summed E-state index contributed by atoms with van der Waals surface area (Å²) in [6, 6.07) is 16.2. The maximum absolute atomic E-state index is 13.6. The number of aromatic amines is 1. The molecule has 1 aromatic heterocycles. The van der Waals surface area contributed by atoms with Gasteiger partial charge >= 0.3 is 0 Å². The van der Waals surface area contributed by atoms with Crippen LogP contribution < -0.4 is 10.4 Å². The Bertz CT molecular complexity index is 1450. The summed E-state index contributed by atoms with van der Waals surface area (Å²) in [4.78, 5) is 40.5. The van der Waals surface area contributed by atoms with E-state index in [2.05, 4.69) is 28.4 Å². The maximum atomic E-state index is 13.6. The molecule has 0 saturated heterocycles. The summed E-state index contributed by atoms with van der Waals surface area (Å²) < 4.78 is 0. The molecule has 0 fully saturated rings. The van der Waals surface area contributed by atoms with Gasteiger partial charge in [-0.05, 0) is 90.2 Å². The van der Waals surface area contributed by atoms with E-state index >= 15 is 0 Å². The highest BCUT2D eigenvalue weighted by atomic mass is 16.5. The molecule has 1 heterocycles. The molecule has 2 aromatic carbocycles. The number of rotatable bonds is 11. The summed E-state index contributed by atoms with van der Waals surface area (Å²) in [5, 5.41) is 12.7. The molecule has 0 saturated carbocycles. The van der Waals surface area contributed by atoms with Crippen molar-refractivity contribution in [3.05, 3.63) is 107 Å². The van der Waals surface area contributed by atoms with Gasteiger partial charge in [-0.2, -0.15) is 0 Å². The van der Waals surface area contributed by atoms with E-state index in [4.69, 9.17) is 5.21 Å². The number of hydrogen-bond donors (Lipinski definition) is 3. The number of H-pyrrole nitrogens is 1. The zero-order valence-electron chi connectivity index (χ0n) is 21.8. The van der Waals surface area contributed by atoms with Crippen LogP contribution in [-0.4, -0.2) is 22.0 Å². The first-order valence-electron chi connectivity index (χ1n) is 13.0. The minimum Gasteiger partial charge on any atom is -0.361 e. The average Bonchev–Trinajstić information content (AvgIpc) is 3.45. The molecule has 1 aliphatic carbocycles. The Kier molecular flexibility index (Phi) is 9.37. The molecule has 8 nitrogen and oxygen atoms in total. The molecule has 0 spiro atoms. The molecule has 0 radical (unpaired) electrons. The molecular formula is C31H32N4O4. The summed E-state index contributed by atoms with van der Waals surface area (Å²) >= 11 is 0. The van der Waals surface area contributed by atoms with Gasteiger partial charge < -0.3 is 4.98 Å². The molecule has 39 heavy (non-hydrogen) atoms. The van der Waals surface area contributed by atoms with Gasteiger partial charge in [0.1, 0.15) is 0 Å². The largest absolute Gasteiger partial charge is 0.361 e. The van der Waals surface area contributed by atoms with Crippen LogP contribution in [-0.2, 0) is 9.59 Å². The highest BCUT2D eigenvalue weighted by Crippen LogP contribution is 2.28. The summed E-state index contributed by atoms with van der Waals surface area (Å²) in [6.07, 6.45) is 15.8. The number of nitrogens with zero attached hydrogens (tertiary/aromatic N) is 2. The summed E-state index contributed by atoms with van der Waals surface area (Å²) in [5.74, 6) is -0.816. The van der Waals surface area contributed by atoms with Crippen LogP contribution in [0.1, 0.15) is 39.0 Å². The van der Waals surface area contributed by atoms with Crippen molar-refractivity contribution < 1.29 is 14.8 Å². The number of hydroxylamine groups is 1. The van der Waals surface area contributed by atoms with Crippen molar-refractivity contribution in [2.24, 2.45) is 11.1 Å². The summed E-state index contributed by atoms with van der Waals surface area (Å²) in [6.45, 7) is 1.64. The first-order valence-corrected chi connectivity index (χ1v) is 13.0. The van der Waals surface area contributed by atoms with Crippen molar-refractivity contribution >= 4 is 28.4 Å². The molecule has 0 bridgehead atoms. The number of anilines is 1. The number of nitroso groups, excluding NO2 is 1. The van der Waals surface area contributed by atoms with Crippen LogP contribution >= 0.6 is 0 Å². The lowest BCUT2D eigenvalue weighted by Crippen LogP contribution is -2.31. The predicted octanol–water partition coefficient (Wildman–Crippen LogP) is 6.92. The van der Waals surface area contributed by atoms with Crippen molar-refractivity contribution in [3.8, 4) is 11.1 Å². The highest BCUT2D eigenvalue weighted by Gasteiger charge is 2.23. The van der Waals surface area contributed by atoms with Crippen LogP contribution in [0.2, 0.25) is 0 Å². The fourth-order valence-electron chi connectivity index (χ4n) is 4.49. The van der Waals surface area contributed by atoms with Crippen LogP contribution in [0.4, 0.5) is 5.69 Å². The van der Waals surface area contributed by atoms with Crippen LogP contribution in [0.25, 0.3) is 22.0 Å². The Morgan fingerprint density at radius 2 is 1.92 bits per heavy atom. The Labute approximate surface area is 227 Å². The zero-order chi connectivity index (χ0) is 27.6. The number of hydrogen-bond acceptors (Lipinski definition) is 5. The normalized spacial score (nSPS) is 15.4. The SMILES string of the molecule is C/C(=C\C1=CCC(C(=O)N(/C=C/CCCCC(=O)NO)c2ccc(-c3ccc4cc[nH]c4c3)cc2)C=C1)N=O. The first kappa shape index (κ1) is 27.5. The van der Waals surface area contributed by atoms with Crippen LogP contribution in [0.3, 0.4) is 0 Å². The Morgan fingerprint density at radius 1 is 1.13 bits per heavy atom. The van der Waals surface area contributed by atoms with E-state index in [1.54, 1.807) is 29.6 Å². The number of nitrogens with one attached hydrogen (secondary N) is 2. The van der Waals surface area contributed by atoms with Crippen molar-refractivity contribution in [3.63, 3.8) is 0 Å². The number of carbonyl (C=O) groups is 2. The fraction of sp³-hybridized carbons (Fsp3) is 0.226. The second kappa shape index (κ2) is 13.3. The van der Waals surface area contributed by atoms with E-state index in [0.29, 0.717) is 25.0 Å². The molecule has 3 aromatic rings. The maximum Gasteiger partial charge on any atom is 0.243 e. The standard InChI is InChI=1S/C31H32N4O4/c1-22(33-38)20-23-7-9-26(10-8-23)31(37)35(19-5-3-2-4-6-30(36)34-39)28-15-13-24(14-16-28)27-12-11-25-17-18-32-29(25)21-27/h5,7-9,11-21,26,32,39H,2-4,6,10H2,1H3,(H,34,36)/b19-5+,22-20+. The number of allylic oxidation sites excluding steroid dienone is 6. The third-order valence-corrected chi connectivity index (χ3v) is 6.64. The predicted molar refractivity (Wildman–Crippen MR) is 154 cm³/mol. The first-order chi connectivity index (χ1) is 19.0. The minimum atomic E-state index is -0.406. The van der Waals surface area contributed by atoms with E-state index in [-0.39, 0.29) is 18.2 Å². The second-order valence-corrected chi connectivity index (χ2v) is 9.48. The van der Waals surface area contributed by atoms with Gasteiger partial charge in [-0.3, -0.25) is 19.7 Å². The van der Waals surface area contributed by atoms with Crippen molar-refractivity contribution in [1.82, 2.24) is 10.5 Å². The Morgan fingerprint density at radius 3 is 2.64 bits per heavy atom. The Hall–Kier alpha value is -4.56. The topological polar surface area (TPSA) is 115 Å². The lowest BCUT2D eigenvalue weighted by Gasteiger charge is -2.24. The highest BCUT2D eigenvalue weighted by molar-refractivity contribution is 5.98. The Balaban J connectivity index is 1.51. The number of unbranched alkanes of at least 4 members (excludes halogenated alkanes) is 2. The van der Waals surface area contributed by atoms with Gasteiger partial charge in [0.2, 0.25) is 11.8 Å². The van der Waals surface area contributed by atoms with Gasteiger partial charge in [0, 0.05) is 30.0 Å². The summed E-state index contributed by atoms with van der Waals surface area (Å²) in [7, 11) is 0. The molecule has 3 N–H and O–H groups in total. The molecule has 2 amide bonds. The quantitative estimate of drug-likeness (QED) is 0.109. The van der Waals surface area contributed by atoms with Gasteiger partial charge in [-0.1, -0.05) is 48.6 Å². The average molecular weight is 525 g/mol. The zero-order valence-corrected chi connectivity index (χ0v) is 21.8. The van der Waals surface area contributed by atoms with E-state index in [9.17, 15) is 14.5 Å². The molecule has 200 valence electrons. The van der Waals surface area contributed by atoms with Crippen molar-refractivity contribution in [2.75, 3.05) is 4.90 Å². The smallest absolute Gasteiger partial charge is 0.243 e. The van der Waals surface area contributed by atoms with Crippen molar-refractivity contribution in [2.45, 2.75) is 39.0 Å². The van der Waals surface area contributed by atoms with E-state index < -0.39 is 5.91 Å². The number of fused-ring (bicyclic) bond motifs is 1. The van der Waals surface area contributed by atoms with Gasteiger partial charge in [-0.25, -0.2) is 5.48 Å². The van der Waals surface area contributed by atoms with Crippen LogP contribution in [0, 0.1) is 10.8 Å². The molecule has 0 aliphatic heterocycles. The molecule has 1 atom stereocenters. The third-order valence-electron chi connectivity index (χ3n) is 6.64. The number of benzene rings is 2. The van der Waals surface area contributed by atoms with Crippen LogP contribution in [0.15, 0.2) is 108 Å². The molecule has 1 unspecified atom stereocenters. The van der Waals surface area contributed by atoms with Gasteiger partial charge in [0.05, 0.1) is 11.6 Å². The minimum absolute atomic E-state index is 0.0628. The van der Waals surface area contributed by atoms with Crippen LogP contribution in [0.5, 0.6) is 0 Å². The lowest BCUT2D eigenvalue weighted by atomic mass is 9.94. The van der Waals surface area contributed by atoms with Gasteiger partial charge in [-0.15, -0.1) is 4.91 Å². The van der Waals surface area contributed by atoms with E-state index in [0.717, 1.165) is 39.7 Å². The van der Waals surface area contributed by atoms with E-state index in [1.807, 2.05) is 60.8 Å². The summed E-state index contributed by atoms with van der Waals surface area (Å²) in [5.41, 5.74) is 6.83. The van der Waals surface area contributed by atoms with Gasteiger partial charge in [0.25, 0.3) is 0 Å². The monoisotopic (exact) mass is 524 g/mol. The number of carbonyl (C=O) groups excluding carboxylic acids is 2.